The Kier molecular flexibility index (Phi) is 16.6. The van der Waals surface area contributed by atoms with Gasteiger partial charge in [-0.3, -0.25) is 9.59 Å². The maximum Gasteiger partial charge on any atom is 0.305 e. The molecule has 0 saturated carbocycles. The summed E-state index contributed by atoms with van der Waals surface area (Å²) in [5, 5.41) is 13.3. The van der Waals surface area contributed by atoms with Crippen molar-refractivity contribution in [3.63, 3.8) is 0 Å². The number of aliphatic hydroxyl groups is 1. The van der Waals surface area contributed by atoms with Gasteiger partial charge >= 0.3 is 5.97 Å². The van der Waals surface area contributed by atoms with Crippen molar-refractivity contribution in [2.45, 2.75) is 116 Å². The van der Waals surface area contributed by atoms with Crippen molar-refractivity contribution < 1.29 is 19.4 Å². The molecule has 0 saturated heterocycles. The molecule has 0 aliphatic heterocycles. The third kappa shape index (κ3) is 15.2. The van der Waals surface area contributed by atoms with Crippen molar-refractivity contribution in [2.24, 2.45) is 0 Å². The zero-order valence-electron chi connectivity index (χ0n) is 17.2. The topological polar surface area (TPSA) is 75.6 Å². The fourth-order valence-electron chi connectivity index (χ4n) is 3.22. The highest BCUT2D eigenvalue weighted by atomic mass is 16.5. The number of hydrogen-bond donors (Lipinski definition) is 2. The summed E-state index contributed by atoms with van der Waals surface area (Å²) in [5.74, 6) is -0.219. The molecule has 5 heteroatoms. The Hall–Kier alpha value is -1.10. The van der Waals surface area contributed by atoms with E-state index in [1.165, 1.54) is 39.7 Å². The monoisotopic (exact) mass is 371 g/mol. The fraction of sp³-hybridized carbons (Fsp3) is 0.905. The van der Waals surface area contributed by atoms with E-state index in [0.29, 0.717) is 6.42 Å². The first kappa shape index (κ1) is 24.9. The Bertz CT molecular complexity index is 360. The zero-order valence-corrected chi connectivity index (χ0v) is 17.2. The summed E-state index contributed by atoms with van der Waals surface area (Å²) in [7, 11) is 1.42. The van der Waals surface area contributed by atoms with Crippen LogP contribution in [0.1, 0.15) is 104 Å². The van der Waals surface area contributed by atoms with E-state index in [2.05, 4.69) is 17.0 Å². The SMILES string of the molecule is CCCCCCCCC(O)C(CCCCCCCC(=O)OC)NC(C)=O. The van der Waals surface area contributed by atoms with Gasteiger partial charge in [0.05, 0.1) is 19.3 Å². The minimum absolute atomic E-state index is 0.0740. The lowest BCUT2D eigenvalue weighted by molar-refractivity contribution is -0.140. The summed E-state index contributed by atoms with van der Waals surface area (Å²) in [4.78, 5) is 22.4. The average Bonchev–Trinajstić information content (AvgIpc) is 2.61. The molecule has 2 N–H and O–H groups in total. The van der Waals surface area contributed by atoms with Crippen molar-refractivity contribution in [3.8, 4) is 0 Å². The number of esters is 1. The lowest BCUT2D eigenvalue weighted by atomic mass is 9.97. The van der Waals surface area contributed by atoms with E-state index < -0.39 is 6.10 Å². The Morgan fingerprint density at radius 3 is 2.00 bits per heavy atom. The minimum Gasteiger partial charge on any atom is -0.469 e. The van der Waals surface area contributed by atoms with Gasteiger partial charge in [0.15, 0.2) is 0 Å². The molecule has 0 aromatic rings. The fourth-order valence-corrected chi connectivity index (χ4v) is 3.22. The molecule has 5 nitrogen and oxygen atoms in total. The predicted octanol–water partition coefficient (Wildman–Crippen LogP) is 4.51. The molecular weight excluding hydrogens is 330 g/mol. The number of carbonyl (C=O) groups excluding carboxylic acids is 2. The number of amides is 1. The van der Waals surface area contributed by atoms with Crippen LogP contribution in [0.5, 0.6) is 0 Å². The summed E-state index contributed by atoms with van der Waals surface area (Å²) in [6.07, 6.45) is 13.8. The van der Waals surface area contributed by atoms with Gasteiger partial charge in [0.25, 0.3) is 0 Å². The van der Waals surface area contributed by atoms with E-state index in [4.69, 9.17) is 0 Å². The molecule has 0 fully saturated rings. The van der Waals surface area contributed by atoms with Crippen LogP contribution in [-0.4, -0.2) is 36.2 Å². The maximum atomic E-state index is 11.4. The molecule has 26 heavy (non-hydrogen) atoms. The van der Waals surface area contributed by atoms with E-state index in [1.807, 2.05) is 0 Å². The summed E-state index contributed by atoms with van der Waals surface area (Å²) < 4.78 is 4.63. The molecule has 1 amide bonds. The van der Waals surface area contributed by atoms with Crippen molar-refractivity contribution in [1.82, 2.24) is 5.32 Å². The van der Waals surface area contributed by atoms with Gasteiger partial charge in [-0.15, -0.1) is 0 Å². The molecule has 2 unspecified atom stereocenters. The highest BCUT2D eigenvalue weighted by Crippen LogP contribution is 2.15. The lowest BCUT2D eigenvalue weighted by Gasteiger charge is -2.24. The second-order valence-corrected chi connectivity index (χ2v) is 7.31. The number of nitrogens with one attached hydrogen (secondary N) is 1. The van der Waals surface area contributed by atoms with Crippen molar-refractivity contribution in [3.05, 3.63) is 0 Å². The summed E-state index contributed by atoms with van der Waals surface area (Å²) in [6.45, 7) is 3.72. The van der Waals surface area contributed by atoms with Gasteiger partial charge in [0.2, 0.25) is 5.91 Å². The summed E-state index contributed by atoms with van der Waals surface area (Å²) in [5.41, 5.74) is 0. The maximum absolute atomic E-state index is 11.4. The van der Waals surface area contributed by atoms with Crippen LogP contribution < -0.4 is 5.32 Å². The van der Waals surface area contributed by atoms with Crippen LogP contribution in [0.15, 0.2) is 0 Å². The first-order valence-corrected chi connectivity index (χ1v) is 10.5. The number of hydrogen-bond acceptors (Lipinski definition) is 4. The van der Waals surface area contributed by atoms with E-state index in [0.717, 1.165) is 57.8 Å². The molecule has 154 valence electrons. The quantitative estimate of drug-likeness (QED) is 0.291. The predicted molar refractivity (Wildman–Crippen MR) is 106 cm³/mol. The van der Waals surface area contributed by atoms with Crippen LogP contribution in [0.25, 0.3) is 0 Å². The molecule has 0 spiro atoms. The van der Waals surface area contributed by atoms with Gasteiger partial charge in [-0.1, -0.05) is 71.1 Å². The number of rotatable bonds is 17. The van der Waals surface area contributed by atoms with Gasteiger partial charge in [0, 0.05) is 13.3 Å². The first-order valence-electron chi connectivity index (χ1n) is 10.5. The molecule has 2 atom stereocenters. The lowest BCUT2D eigenvalue weighted by Crippen LogP contribution is -2.42. The third-order valence-electron chi connectivity index (χ3n) is 4.83. The van der Waals surface area contributed by atoms with Crippen LogP contribution >= 0.6 is 0 Å². The van der Waals surface area contributed by atoms with Gasteiger partial charge in [0.1, 0.15) is 0 Å². The Morgan fingerprint density at radius 1 is 0.885 bits per heavy atom. The molecule has 0 aromatic carbocycles. The highest BCUT2D eigenvalue weighted by molar-refractivity contribution is 5.73. The van der Waals surface area contributed by atoms with Crippen LogP contribution in [0.3, 0.4) is 0 Å². The summed E-state index contributed by atoms with van der Waals surface area (Å²) >= 11 is 0. The second-order valence-electron chi connectivity index (χ2n) is 7.31. The standard InChI is InChI=1S/C21H41NO4/c1-4-5-6-7-10-13-16-20(24)19(22-18(2)23)15-12-9-8-11-14-17-21(25)26-3/h19-20,24H,4-17H2,1-3H3,(H,22,23). The van der Waals surface area contributed by atoms with E-state index in [-0.39, 0.29) is 17.9 Å². The average molecular weight is 372 g/mol. The molecule has 0 heterocycles. The second kappa shape index (κ2) is 17.3. The Morgan fingerprint density at radius 2 is 1.42 bits per heavy atom. The van der Waals surface area contributed by atoms with Gasteiger partial charge in [-0.05, 0) is 19.3 Å². The smallest absolute Gasteiger partial charge is 0.305 e. The molecule has 0 aliphatic carbocycles. The van der Waals surface area contributed by atoms with Gasteiger partial charge in [-0.2, -0.15) is 0 Å². The molecular formula is C21H41NO4. The first-order chi connectivity index (χ1) is 12.5. The number of ether oxygens (including phenoxy) is 1. The van der Waals surface area contributed by atoms with Crippen LogP contribution in [-0.2, 0) is 14.3 Å². The number of unbranched alkanes of at least 4 members (excludes halogenated alkanes) is 9. The number of aliphatic hydroxyl groups excluding tert-OH is 1. The summed E-state index contributed by atoms with van der Waals surface area (Å²) in [6, 6.07) is -0.141. The minimum atomic E-state index is -0.454. The van der Waals surface area contributed by atoms with Crippen molar-refractivity contribution in [1.29, 1.82) is 0 Å². The Balaban J connectivity index is 3.89. The molecule has 0 bridgehead atoms. The van der Waals surface area contributed by atoms with Gasteiger partial charge in [-0.25, -0.2) is 0 Å². The van der Waals surface area contributed by atoms with Crippen molar-refractivity contribution >= 4 is 11.9 Å². The molecule has 0 rings (SSSR count). The van der Waals surface area contributed by atoms with Crippen LogP contribution in [0.2, 0.25) is 0 Å². The van der Waals surface area contributed by atoms with E-state index in [9.17, 15) is 14.7 Å². The third-order valence-corrected chi connectivity index (χ3v) is 4.83. The van der Waals surface area contributed by atoms with Gasteiger partial charge < -0.3 is 15.2 Å². The number of carbonyl (C=O) groups is 2. The molecule has 0 radical (unpaired) electrons. The largest absolute Gasteiger partial charge is 0.469 e. The zero-order chi connectivity index (χ0) is 19.6. The normalized spacial score (nSPS) is 13.2. The van der Waals surface area contributed by atoms with Crippen molar-refractivity contribution in [2.75, 3.05) is 7.11 Å². The van der Waals surface area contributed by atoms with Crippen LogP contribution in [0.4, 0.5) is 0 Å². The Labute approximate surface area is 160 Å². The number of methoxy groups -OCH3 is 1. The highest BCUT2D eigenvalue weighted by Gasteiger charge is 2.19. The van der Waals surface area contributed by atoms with E-state index in [1.54, 1.807) is 0 Å². The van der Waals surface area contributed by atoms with E-state index >= 15 is 0 Å². The molecule has 0 aromatic heterocycles. The molecule has 0 aliphatic rings. The van der Waals surface area contributed by atoms with Crippen LogP contribution in [0, 0.1) is 0 Å².